The van der Waals surface area contributed by atoms with Crippen molar-refractivity contribution in [2.75, 3.05) is 0 Å². The molecule has 94 valence electrons. The molecule has 2 atom stereocenters. The molecule has 3 rings (SSSR count). The average molecular weight is 334 g/mol. The predicted molar refractivity (Wildman–Crippen MR) is 82.1 cm³/mol. The summed E-state index contributed by atoms with van der Waals surface area (Å²) in [4.78, 5) is 16.9. The summed E-state index contributed by atoms with van der Waals surface area (Å²) in [6.07, 6.45) is 1.66. The normalized spacial score (nSPS) is 21.5. The minimum atomic E-state index is -0.0314. The highest BCUT2D eigenvalue weighted by Gasteiger charge is 2.31. The number of fused-ring (bicyclic) bond motifs is 2. The third-order valence-electron chi connectivity index (χ3n) is 3.54. The summed E-state index contributed by atoms with van der Waals surface area (Å²) in [7, 11) is 2.09. The van der Waals surface area contributed by atoms with Crippen LogP contribution in [-0.4, -0.2) is 18.6 Å². The van der Waals surface area contributed by atoms with Crippen LogP contribution in [0.5, 0.6) is 0 Å². The first-order chi connectivity index (χ1) is 9.09. The SMILES string of the molecule is BC1c2cccnc2C(=O)c2ccc(Cl)cc2C1Br. The van der Waals surface area contributed by atoms with Crippen molar-refractivity contribution in [3.05, 3.63) is 63.9 Å². The van der Waals surface area contributed by atoms with E-state index in [2.05, 4.69) is 28.8 Å². The van der Waals surface area contributed by atoms with Crippen molar-refractivity contribution in [2.45, 2.75) is 10.6 Å². The van der Waals surface area contributed by atoms with E-state index in [9.17, 15) is 4.79 Å². The van der Waals surface area contributed by atoms with Crippen LogP contribution >= 0.6 is 27.5 Å². The summed E-state index contributed by atoms with van der Waals surface area (Å²) in [5, 5.41) is 0.641. The van der Waals surface area contributed by atoms with E-state index < -0.39 is 0 Å². The monoisotopic (exact) mass is 333 g/mol. The minimum absolute atomic E-state index is 0.0314. The Balaban J connectivity index is 2.30. The highest BCUT2D eigenvalue weighted by Crippen LogP contribution is 2.42. The lowest BCUT2D eigenvalue weighted by atomic mass is 9.77. The van der Waals surface area contributed by atoms with Gasteiger partial charge in [-0.2, -0.15) is 0 Å². The van der Waals surface area contributed by atoms with Gasteiger partial charge in [0, 0.05) is 21.6 Å². The van der Waals surface area contributed by atoms with Crippen molar-refractivity contribution in [1.82, 2.24) is 4.98 Å². The molecule has 2 unspecified atom stereocenters. The molecule has 1 heterocycles. The van der Waals surface area contributed by atoms with Crippen LogP contribution in [0.15, 0.2) is 36.5 Å². The molecule has 0 bridgehead atoms. The van der Waals surface area contributed by atoms with E-state index in [1.807, 2.05) is 18.2 Å². The largest absolute Gasteiger partial charge is 0.287 e. The number of hydrogen-bond donors (Lipinski definition) is 0. The van der Waals surface area contributed by atoms with Gasteiger partial charge in [-0.1, -0.05) is 33.6 Å². The van der Waals surface area contributed by atoms with Crippen LogP contribution in [-0.2, 0) is 0 Å². The van der Waals surface area contributed by atoms with Crippen LogP contribution < -0.4 is 0 Å². The summed E-state index contributed by atoms with van der Waals surface area (Å²) in [6, 6.07) is 9.22. The van der Waals surface area contributed by atoms with E-state index in [1.54, 1.807) is 18.3 Å². The number of carbonyl (C=O) groups excluding carboxylic acids is 1. The van der Waals surface area contributed by atoms with Gasteiger partial charge in [-0.05, 0) is 41.2 Å². The molecule has 1 aliphatic carbocycles. The van der Waals surface area contributed by atoms with Gasteiger partial charge in [0.05, 0.1) is 0 Å². The molecule has 19 heavy (non-hydrogen) atoms. The molecule has 0 spiro atoms. The van der Waals surface area contributed by atoms with Gasteiger partial charge in [-0.25, -0.2) is 0 Å². The van der Waals surface area contributed by atoms with Crippen LogP contribution in [0.25, 0.3) is 0 Å². The third-order valence-corrected chi connectivity index (χ3v) is 5.06. The minimum Gasteiger partial charge on any atom is -0.287 e. The quantitative estimate of drug-likeness (QED) is 0.547. The van der Waals surface area contributed by atoms with Gasteiger partial charge in [0.2, 0.25) is 5.78 Å². The van der Waals surface area contributed by atoms with Gasteiger partial charge in [0.15, 0.2) is 0 Å². The van der Waals surface area contributed by atoms with Crippen molar-refractivity contribution in [3.8, 4) is 0 Å². The van der Waals surface area contributed by atoms with Gasteiger partial charge >= 0.3 is 0 Å². The molecule has 0 N–H and O–H groups in total. The molecule has 2 nitrogen and oxygen atoms in total. The van der Waals surface area contributed by atoms with Gasteiger partial charge in [-0.3, -0.25) is 9.78 Å². The molecular formula is C14H10BBrClNO. The lowest BCUT2D eigenvalue weighted by Crippen LogP contribution is -2.08. The Morgan fingerprint density at radius 3 is 2.84 bits per heavy atom. The zero-order valence-corrected chi connectivity index (χ0v) is 12.6. The van der Waals surface area contributed by atoms with E-state index in [1.165, 1.54) is 0 Å². The van der Waals surface area contributed by atoms with Crippen molar-refractivity contribution in [2.24, 2.45) is 0 Å². The molecule has 0 fully saturated rings. The second-order valence-electron chi connectivity index (χ2n) is 4.69. The van der Waals surface area contributed by atoms with Gasteiger partial charge in [-0.15, -0.1) is 0 Å². The second kappa shape index (κ2) is 4.76. The summed E-state index contributed by atoms with van der Waals surface area (Å²) in [6.45, 7) is 0. The molecule has 1 aliphatic rings. The van der Waals surface area contributed by atoms with Crippen molar-refractivity contribution >= 4 is 41.2 Å². The number of alkyl halides is 1. The molecule has 2 aromatic rings. The second-order valence-corrected chi connectivity index (χ2v) is 6.12. The van der Waals surface area contributed by atoms with Crippen LogP contribution in [0.4, 0.5) is 0 Å². The van der Waals surface area contributed by atoms with Crippen LogP contribution in [0.3, 0.4) is 0 Å². The van der Waals surface area contributed by atoms with Crippen molar-refractivity contribution in [3.63, 3.8) is 0 Å². The summed E-state index contributed by atoms with van der Waals surface area (Å²) < 4.78 is 0. The number of hydrogen-bond acceptors (Lipinski definition) is 2. The van der Waals surface area contributed by atoms with Crippen LogP contribution in [0, 0.1) is 0 Å². The molecule has 1 aromatic heterocycles. The zero-order valence-electron chi connectivity index (χ0n) is 10.2. The molecule has 0 saturated carbocycles. The maximum atomic E-state index is 12.6. The number of halogens is 2. The Hall–Kier alpha value is -1.13. The first kappa shape index (κ1) is 12.9. The number of nitrogens with zero attached hydrogens (tertiary/aromatic N) is 1. The van der Waals surface area contributed by atoms with Crippen LogP contribution in [0.1, 0.15) is 37.8 Å². The van der Waals surface area contributed by atoms with Crippen LogP contribution in [0.2, 0.25) is 5.02 Å². The number of ketones is 1. The smallest absolute Gasteiger partial charge is 0.211 e. The highest BCUT2D eigenvalue weighted by atomic mass is 79.9. The fourth-order valence-corrected chi connectivity index (χ4v) is 3.34. The molecule has 1 aromatic carbocycles. The Morgan fingerprint density at radius 1 is 1.26 bits per heavy atom. The fourth-order valence-electron chi connectivity index (χ4n) is 2.50. The molecule has 0 aliphatic heterocycles. The van der Waals surface area contributed by atoms with E-state index in [4.69, 9.17) is 11.6 Å². The number of carbonyl (C=O) groups is 1. The Morgan fingerprint density at radius 2 is 2.05 bits per heavy atom. The van der Waals surface area contributed by atoms with E-state index in [-0.39, 0.29) is 16.4 Å². The Bertz CT molecular complexity index is 676. The van der Waals surface area contributed by atoms with Gasteiger partial charge in [0.25, 0.3) is 0 Å². The van der Waals surface area contributed by atoms with E-state index in [0.717, 1.165) is 11.1 Å². The zero-order chi connectivity index (χ0) is 13.6. The number of benzene rings is 1. The van der Waals surface area contributed by atoms with Gasteiger partial charge in [0.1, 0.15) is 13.5 Å². The molecule has 5 heteroatoms. The number of rotatable bonds is 0. The maximum Gasteiger partial charge on any atom is 0.211 e. The van der Waals surface area contributed by atoms with Crippen molar-refractivity contribution in [1.29, 1.82) is 0 Å². The Labute approximate surface area is 125 Å². The standard InChI is InChI=1S/C14H10BBrClNO/c15-11-9-2-1-5-18-13(9)14(19)8-4-3-7(17)6-10(8)12(11)16/h1-6,11-12H,15H2. The third kappa shape index (κ3) is 2.03. The number of pyridine rings is 1. The topological polar surface area (TPSA) is 30.0 Å². The maximum absolute atomic E-state index is 12.6. The molecule has 0 radical (unpaired) electrons. The first-order valence-electron chi connectivity index (χ1n) is 6.02. The average Bonchev–Trinajstić information content (AvgIpc) is 2.51. The lowest BCUT2D eigenvalue weighted by molar-refractivity contribution is 0.103. The summed E-state index contributed by atoms with van der Waals surface area (Å²) in [5.41, 5.74) is 3.13. The highest BCUT2D eigenvalue weighted by molar-refractivity contribution is 9.09. The fraction of sp³-hybridized carbons (Fsp3) is 0.143. The summed E-state index contributed by atoms with van der Waals surface area (Å²) >= 11 is 9.75. The number of aromatic nitrogens is 1. The van der Waals surface area contributed by atoms with Gasteiger partial charge < -0.3 is 0 Å². The molecule has 0 amide bonds. The lowest BCUT2D eigenvalue weighted by Gasteiger charge is -2.18. The first-order valence-corrected chi connectivity index (χ1v) is 7.32. The summed E-state index contributed by atoms with van der Waals surface area (Å²) in [5.74, 6) is 0.128. The van der Waals surface area contributed by atoms with Crippen molar-refractivity contribution < 1.29 is 4.79 Å². The molecule has 0 saturated heterocycles. The molecular weight excluding hydrogens is 324 g/mol. The van der Waals surface area contributed by atoms with E-state index in [0.29, 0.717) is 16.3 Å². The Kier molecular flexibility index (Phi) is 3.23. The van der Waals surface area contributed by atoms with E-state index >= 15 is 0 Å². The predicted octanol–water partition coefficient (Wildman–Crippen LogP) is 3.09.